The number of aromatic nitrogens is 2. The van der Waals surface area contributed by atoms with E-state index in [1.54, 1.807) is 7.11 Å². The van der Waals surface area contributed by atoms with E-state index in [0.717, 1.165) is 17.8 Å². The summed E-state index contributed by atoms with van der Waals surface area (Å²) >= 11 is 0. The lowest BCUT2D eigenvalue weighted by molar-refractivity contribution is 0.185. The minimum atomic E-state index is 0.391. The fraction of sp³-hybridized carbons (Fsp3) is 0.385. The van der Waals surface area contributed by atoms with Gasteiger partial charge in [-0.15, -0.1) is 5.10 Å². The zero-order chi connectivity index (χ0) is 13.5. The number of benzene rings is 1. The number of hydrogen-bond acceptors (Lipinski definition) is 6. The van der Waals surface area contributed by atoms with Crippen LogP contribution < -0.4 is 10.6 Å². The molecule has 1 heterocycles. The number of hydrogen-bond donors (Lipinski definition) is 2. The Morgan fingerprint density at radius 3 is 3.00 bits per heavy atom. The highest BCUT2D eigenvalue weighted by atomic mass is 16.5. The second kappa shape index (κ2) is 6.86. The van der Waals surface area contributed by atoms with E-state index in [9.17, 15) is 0 Å². The monoisotopic (exact) mass is 262 g/mol. The van der Waals surface area contributed by atoms with Crippen molar-refractivity contribution in [3.8, 4) is 0 Å². The number of anilines is 2. The smallest absolute Gasteiger partial charge is 0.320 e. The van der Waals surface area contributed by atoms with Crippen LogP contribution in [0.1, 0.15) is 18.4 Å². The summed E-state index contributed by atoms with van der Waals surface area (Å²) in [7, 11) is 1.67. The van der Waals surface area contributed by atoms with Crippen molar-refractivity contribution in [2.75, 3.05) is 19.0 Å². The van der Waals surface area contributed by atoms with Crippen molar-refractivity contribution in [1.29, 1.82) is 0 Å². The van der Waals surface area contributed by atoms with Gasteiger partial charge < -0.3 is 19.8 Å². The van der Waals surface area contributed by atoms with Gasteiger partial charge in [-0.05, 0) is 24.2 Å². The molecule has 0 amide bonds. The summed E-state index contributed by atoms with van der Waals surface area (Å²) in [6.07, 6.45) is 0. The summed E-state index contributed by atoms with van der Waals surface area (Å²) in [5, 5.41) is 14.1. The quantitative estimate of drug-likeness (QED) is 0.796. The van der Waals surface area contributed by atoms with E-state index in [4.69, 9.17) is 9.15 Å². The maximum Gasteiger partial charge on any atom is 0.320 e. The summed E-state index contributed by atoms with van der Waals surface area (Å²) in [4.78, 5) is 0. The molecule has 1 aromatic carbocycles. The number of methoxy groups -OCH3 is 1. The minimum Gasteiger partial charge on any atom is -0.406 e. The first-order valence-electron chi connectivity index (χ1n) is 6.20. The van der Waals surface area contributed by atoms with Crippen molar-refractivity contribution in [3.63, 3.8) is 0 Å². The zero-order valence-electron chi connectivity index (χ0n) is 11.1. The highest BCUT2D eigenvalue weighted by Crippen LogP contribution is 2.17. The summed E-state index contributed by atoms with van der Waals surface area (Å²) in [6.45, 7) is 4.04. The van der Waals surface area contributed by atoms with Gasteiger partial charge in [-0.3, -0.25) is 0 Å². The summed E-state index contributed by atoms with van der Waals surface area (Å²) in [5.41, 5.74) is 1.98. The molecule has 0 aliphatic heterocycles. The van der Waals surface area contributed by atoms with Crippen LogP contribution in [-0.4, -0.2) is 23.9 Å². The van der Waals surface area contributed by atoms with Crippen molar-refractivity contribution in [1.82, 2.24) is 15.5 Å². The molecule has 0 fully saturated rings. The molecule has 0 unspecified atom stereocenters. The van der Waals surface area contributed by atoms with E-state index in [1.807, 2.05) is 31.2 Å². The van der Waals surface area contributed by atoms with E-state index < -0.39 is 0 Å². The summed E-state index contributed by atoms with van der Waals surface area (Å²) < 4.78 is 10.6. The molecule has 2 aromatic rings. The van der Waals surface area contributed by atoms with Gasteiger partial charge in [0.15, 0.2) is 0 Å². The maximum atomic E-state index is 5.46. The first-order chi connectivity index (χ1) is 9.31. The van der Waals surface area contributed by atoms with Crippen LogP contribution in [0.3, 0.4) is 0 Å². The number of ether oxygens (including phenoxy) is 1. The molecule has 2 N–H and O–H groups in total. The van der Waals surface area contributed by atoms with Crippen molar-refractivity contribution >= 4 is 11.7 Å². The Bertz CT molecular complexity index is 513. The van der Waals surface area contributed by atoms with Crippen molar-refractivity contribution in [2.24, 2.45) is 0 Å². The molecule has 102 valence electrons. The second-order valence-electron chi connectivity index (χ2n) is 4.04. The van der Waals surface area contributed by atoms with Crippen LogP contribution in [0.2, 0.25) is 0 Å². The molecule has 0 bridgehead atoms. The molecule has 6 heteroatoms. The van der Waals surface area contributed by atoms with Gasteiger partial charge in [0, 0.05) is 12.8 Å². The molecule has 0 atom stereocenters. The fourth-order valence-electron chi connectivity index (χ4n) is 1.64. The van der Waals surface area contributed by atoms with E-state index in [1.165, 1.54) is 0 Å². The van der Waals surface area contributed by atoms with E-state index in [0.29, 0.717) is 25.1 Å². The molecule has 0 aliphatic carbocycles. The van der Waals surface area contributed by atoms with Crippen LogP contribution in [0.4, 0.5) is 11.7 Å². The SMILES string of the molecule is CCNCc1nnc(Nc2cccc(COC)c2)o1. The highest BCUT2D eigenvalue weighted by Gasteiger charge is 2.05. The first kappa shape index (κ1) is 13.5. The molecule has 0 spiro atoms. The third kappa shape index (κ3) is 4.04. The van der Waals surface area contributed by atoms with Crippen molar-refractivity contribution in [2.45, 2.75) is 20.1 Å². The molecule has 1 aromatic heterocycles. The minimum absolute atomic E-state index is 0.391. The molecule has 0 aliphatic rings. The second-order valence-corrected chi connectivity index (χ2v) is 4.04. The predicted octanol–water partition coefficient (Wildman–Crippen LogP) is 2.07. The molecular formula is C13H18N4O2. The third-order valence-corrected chi connectivity index (χ3v) is 2.48. The lowest BCUT2D eigenvalue weighted by Crippen LogP contribution is -2.11. The van der Waals surface area contributed by atoms with Gasteiger partial charge in [-0.1, -0.05) is 24.2 Å². The van der Waals surface area contributed by atoms with Gasteiger partial charge in [-0.2, -0.15) is 0 Å². The zero-order valence-corrected chi connectivity index (χ0v) is 11.1. The molecular weight excluding hydrogens is 244 g/mol. The average molecular weight is 262 g/mol. The molecule has 6 nitrogen and oxygen atoms in total. The largest absolute Gasteiger partial charge is 0.406 e. The third-order valence-electron chi connectivity index (χ3n) is 2.48. The average Bonchev–Trinajstić information content (AvgIpc) is 2.85. The molecule has 0 radical (unpaired) electrons. The normalized spacial score (nSPS) is 10.6. The summed E-state index contributed by atoms with van der Waals surface area (Å²) in [6, 6.07) is 8.26. The summed E-state index contributed by atoms with van der Waals surface area (Å²) in [5.74, 6) is 0.567. The number of nitrogens with one attached hydrogen (secondary N) is 2. The van der Waals surface area contributed by atoms with Gasteiger partial charge in [0.1, 0.15) is 0 Å². The van der Waals surface area contributed by atoms with Gasteiger partial charge >= 0.3 is 6.01 Å². The topological polar surface area (TPSA) is 72.2 Å². The Labute approximate surface area is 112 Å². The lowest BCUT2D eigenvalue weighted by atomic mass is 10.2. The van der Waals surface area contributed by atoms with Gasteiger partial charge in [0.2, 0.25) is 5.89 Å². The number of nitrogens with zero attached hydrogens (tertiary/aromatic N) is 2. The standard InChI is InChI=1S/C13H18N4O2/c1-3-14-8-12-16-17-13(19-12)15-11-6-4-5-10(7-11)9-18-2/h4-7,14H,3,8-9H2,1-2H3,(H,15,17). The van der Waals surface area contributed by atoms with Gasteiger partial charge in [0.25, 0.3) is 0 Å². The highest BCUT2D eigenvalue weighted by molar-refractivity contribution is 5.52. The van der Waals surface area contributed by atoms with Crippen LogP contribution in [0.25, 0.3) is 0 Å². The Morgan fingerprint density at radius 1 is 1.32 bits per heavy atom. The Hall–Kier alpha value is -1.92. The maximum absolute atomic E-state index is 5.46. The van der Waals surface area contributed by atoms with Gasteiger partial charge in [0.05, 0.1) is 13.2 Å². The Morgan fingerprint density at radius 2 is 2.21 bits per heavy atom. The fourth-order valence-corrected chi connectivity index (χ4v) is 1.64. The number of rotatable bonds is 7. The molecule has 2 rings (SSSR count). The predicted molar refractivity (Wildman–Crippen MR) is 72.1 cm³/mol. The first-order valence-corrected chi connectivity index (χ1v) is 6.20. The lowest BCUT2D eigenvalue weighted by Gasteiger charge is -2.04. The molecule has 19 heavy (non-hydrogen) atoms. The van der Waals surface area contributed by atoms with Crippen LogP contribution in [0.5, 0.6) is 0 Å². The Kier molecular flexibility index (Phi) is 4.88. The van der Waals surface area contributed by atoms with Crippen LogP contribution in [0, 0.1) is 0 Å². The van der Waals surface area contributed by atoms with Crippen LogP contribution in [-0.2, 0) is 17.9 Å². The molecule has 0 saturated heterocycles. The van der Waals surface area contributed by atoms with Gasteiger partial charge in [-0.25, -0.2) is 0 Å². The van der Waals surface area contributed by atoms with Crippen LogP contribution >= 0.6 is 0 Å². The van der Waals surface area contributed by atoms with Crippen molar-refractivity contribution < 1.29 is 9.15 Å². The van der Waals surface area contributed by atoms with Crippen molar-refractivity contribution in [3.05, 3.63) is 35.7 Å². The van der Waals surface area contributed by atoms with Crippen LogP contribution in [0.15, 0.2) is 28.7 Å². The Balaban J connectivity index is 2.00. The van der Waals surface area contributed by atoms with E-state index in [2.05, 4.69) is 20.8 Å². The van der Waals surface area contributed by atoms with E-state index >= 15 is 0 Å². The van der Waals surface area contributed by atoms with E-state index in [-0.39, 0.29) is 0 Å². The molecule has 0 saturated carbocycles.